The van der Waals surface area contributed by atoms with E-state index in [0.29, 0.717) is 33.3 Å². The van der Waals surface area contributed by atoms with E-state index in [-0.39, 0.29) is 23.6 Å². The van der Waals surface area contributed by atoms with Crippen molar-refractivity contribution in [2.24, 2.45) is 0 Å². The molecular weight excluding hydrogens is 465 g/mol. The molecule has 28 heavy (non-hydrogen) atoms. The van der Waals surface area contributed by atoms with Gasteiger partial charge in [-0.15, -0.1) is 0 Å². The quantitative estimate of drug-likeness (QED) is 0.520. The first-order chi connectivity index (χ1) is 13.4. The SMILES string of the molecule is CCN1C(=O)[C@@H](Cc2cc(Br)c(OCc3cccc(F)c3)c(OC)c2)SC1=S. The van der Waals surface area contributed by atoms with Crippen molar-refractivity contribution in [3.63, 3.8) is 0 Å². The van der Waals surface area contributed by atoms with Crippen LogP contribution in [0.2, 0.25) is 0 Å². The van der Waals surface area contributed by atoms with E-state index in [4.69, 9.17) is 21.7 Å². The van der Waals surface area contributed by atoms with Gasteiger partial charge in [-0.3, -0.25) is 9.69 Å². The number of benzene rings is 2. The number of carbonyl (C=O) groups is 1. The first kappa shape index (κ1) is 21.1. The summed E-state index contributed by atoms with van der Waals surface area (Å²) in [6.45, 7) is 2.71. The molecule has 0 saturated carbocycles. The number of hydrogen-bond donors (Lipinski definition) is 0. The summed E-state index contributed by atoms with van der Waals surface area (Å²) >= 11 is 10.2. The Morgan fingerprint density at radius 1 is 1.29 bits per heavy atom. The van der Waals surface area contributed by atoms with Crippen molar-refractivity contribution < 1.29 is 18.7 Å². The minimum absolute atomic E-state index is 0.0408. The molecule has 0 N–H and O–H groups in total. The summed E-state index contributed by atoms with van der Waals surface area (Å²) in [5.74, 6) is 0.817. The molecular formula is C20H19BrFNO3S2. The van der Waals surface area contributed by atoms with Crippen LogP contribution in [-0.4, -0.2) is 34.0 Å². The van der Waals surface area contributed by atoms with Gasteiger partial charge in [0.25, 0.3) is 0 Å². The molecule has 1 amide bonds. The zero-order valence-electron chi connectivity index (χ0n) is 15.4. The monoisotopic (exact) mass is 483 g/mol. The van der Waals surface area contributed by atoms with Crippen molar-refractivity contribution >= 4 is 50.1 Å². The van der Waals surface area contributed by atoms with Crippen LogP contribution in [0.3, 0.4) is 0 Å². The van der Waals surface area contributed by atoms with Gasteiger partial charge in [0.05, 0.1) is 16.8 Å². The lowest BCUT2D eigenvalue weighted by Gasteiger charge is -2.16. The smallest absolute Gasteiger partial charge is 0.241 e. The Balaban J connectivity index is 1.76. The zero-order chi connectivity index (χ0) is 20.3. The van der Waals surface area contributed by atoms with Crippen LogP contribution in [0, 0.1) is 5.82 Å². The largest absolute Gasteiger partial charge is 0.493 e. The summed E-state index contributed by atoms with van der Waals surface area (Å²) in [6.07, 6.45) is 0.541. The number of ether oxygens (including phenoxy) is 2. The van der Waals surface area contributed by atoms with Gasteiger partial charge in [0.15, 0.2) is 11.5 Å². The number of halogens is 2. The van der Waals surface area contributed by atoms with E-state index in [2.05, 4.69) is 15.9 Å². The molecule has 2 aromatic rings. The molecule has 1 aliphatic rings. The van der Waals surface area contributed by atoms with E-state index in [1.54, 1.807) is 24.1 Å². The average molecular weight is 484 g/mol. The molecule has 0 spiro atoms. The lowest BCUT2D eigenvalue weighted by atomic mass is 10.1. The molecule has 0 aliphatic carbocycles. The second-order valence-electron chi connectivity index (χ2n) is 6.19. The molecule has 1 atom stereocenters. The molecule has 1 aliphatic heterocycles. The number of carbonyl (C=O) groups excluding carboxylic acids is 1. The summed E-state index contributed by atoms with van der Waals surface area (Å²) in [6, 6.07) is 10.0. The van der Waals surface area contributed by atoms with Crippen molar-refractivity contribution in [2.75, 3.05) is 13.7 Å². The second kappa shape index (κ2) is 9.24. The van der Waals surface area contributed by atoms with Crippen LogP contribution in [0.25, 0.3) is 0 Å². The minimum atomic E-state index is -0.305. The highest BCUT2D eigenvalue weighted by atomic mass is 79.9. The van der Waals surface area contributed by atoms with Gasteiger partial charge in [-0.05, 0) is 64.7 Å². The molecule has 1 fully saturated rings. The average Bonchev–Trinajstić information content (AvgIpc) is 2.93. The molecule has 8 heteroatoms. The van der Waals surface area contributed by atoms with Crippen LogP contribution in [-0.2, 0) is 17.8 Å². The zero-order valence-corrected chi connectivity index (χ0v) is 18.6. The van der Waals surface area contributed by atoms with Crippen LogP contribution in [0.15, 0.2) is 40.9 Å². The number of thioether (sulfide) groups is 1. The maximum absolute atomic E-state index is 13.3. The topological polar surface area (TPSA) is 38.8 Å². The van der Waals surface area contributed by atoms with Gasteiger partial charge in [0, 0.05) is 6.54 Å². The summed E-state index contributed by atoms with van der Waals surface area (Å²) in [5.41, 5.74) is 1.66. The molecule has 0 unspecified atom stereocenters. The maximum Gasteiger partial charge on any atom is 0.241 e. The first-order valence-corrected chi connectivity index (χ1v) is 10.8. The Bertz CT molecular complexity index is 909. The van der Waals surface area contributed by atoms with E-state index >= 15 is 0 Å². The highest BCUT2D eigenvalue weighted by Crippen LogP contribution is 2.39. The molecule has 0 radical (unpaired) electrons. The van der Waals surface area contributed by atoms with E-state index in [1.807, 2.05) is 19.1 Å². The maximum atomic E-state index is 13.3. The van der Waals surface area contributed by atoms with Crippen molar-refractivity contribution in [1.29, 1.82) is 0 Å². The molecule has 1 saturated heterocycles. The van der Waals surface area contributed by atoms with Gasteiger partial charge in [0.1, 0.15) is 16.7 Å². The van der Waals surface area contributed by atoms with Crippen molar-refractivity contribution in [2.45, 2.75) is 25.2 Å². The molecule has 0 aromatic heterocycles. The summed E-state index contributed by atoms with van der Waals surface area (Å²) in [5, 5.41) is -0.233. The summed E-state index contributed by atoms with van der Waals surface area (Å²) in [4.78, 5) is 14.1. The van der Waals surface area contributed by atoms with Gasteiger partial charge in [-0.1, -0.05) is 36.1 Å². The van der Waals surface area contributed by atoms with Crippen LogP contribution in [0.1, 0.15) is 18.1 Å². The van der Waals surface area contributed by atoms with Gasteiger partial charge < -0.3 is 9.47 Å². The fraction of sp³-hybridized carbons (Fsp3) is 0.300. The third-order valence-corrected chi connectivity index (χ3v) is 6.48. The van der Waals surface area contributed by atoms with Crippen LogP contribution < -0.4 is 9.47 Å². The van der Waals surface area contributed by atoms with Gasteiger partial charge >= 0.3 is 0 Å². The molecule has 2 aromatic carbocycles. The third kappa shape index (κ3) is 4.67. The molecule has 0 bridgehead atoms. The molecule has 1 heterocycles. The fourth-order valence-electron chi connectivity index (χ4n) is 2.94. The Morgan fingerprint density at radius 2 is 2.07 bits per heavy atom. The lowest BCUT2D eigenvalue weighted by molar-refractivity contribution is -0.125. The number of amides is 1. The van der Waals surface area contributed by atoms with Crippen LogP contribution in [0.5, 0.6) is 11.5 Å². The summed E-state index contributed by atoms with van der Waals surface area (Å²) in [7, 11) is 1.56. The molecule has 3 rings (SSSR count). The standard InChI is InChI=1S/C20H19BrFNO3S2/c1-3-23-19(24)17(28-20(23)27)10-13-8-15(21)18(16(9-13)25-2)26-11-12-5-4-6-14(22)7-12/h4-9,17H,3,10-11H2,1-2H3/t17-/m1/s1. The molecule has 148 valence electrons. The Morgan fingerprint density at radius 3 is 2.71 bits per heavy atom. The van der Waals surface area contributed by atoms with Crippen LogP contribution >= 0.6 is 39.9 Å². The molecule has 4 nitrogen and oxygen atoms in total. The number of hydrogen-bond acceptors (Lipinski definition) is 5. The van der Waals surface area contributed by atoms with E-state index in [0.717, 1.165) is 11.1 Å². The third-order valence-electron chi connectivity index (χ3n) is 4.30. The predicted molar refractivity (Wildman–Crippen MR) is 116 cm³/mol. The van der Waals surface area contributed by atoms with Crippen molar-refractivity contribution in [1.82, 2.24) is 4.90 Å². The Hall–Kier alpha value is -1.64. The second-order valence-corrected chi connectivity index (χ2v) is 8.88. The normalized spacial score (nSPS) is 16.6. The number of methoxy groups -OCH3 is 1. The van der Waals surface area contributed by atoms with E-state index < -0.39 is 0 Å². The van der Waals surface area contributed by atoms with E-state index in [9.17, 15) is 9.18 Å². The van der Waals surface area contributed by atoms with Crippen LogP contribution in [0.4, 0.5) is 4.39 Å². The number of thiocarbonyl (C=S) groups is 1. The van der Waals surface area contributed by atoms with Crippen molar-refractivity contribution in [3.8, 4) is 11.5 Å². The van der Waals surface area contributed by atoms with Crippen molar-refractivity contribution in [3.05, 3.63) is 57.8 Å². The lowest BCUT2D eigenvalue weighted by Crippen LogP contribution is -2.31. The van der Waals surface area contributed by atoms with Gasteiger partial charge in [0.2, 0.25) is 5.91 Å². The number of nitrogens with zero attached hydrogens (tertiary/aromatic N) is 1. The first-order valence-electron chi connectivity index (χ1n) is 8.68. The Kier molecular flexibility index (Phi) is 6.95. The van der Waals surface area contributed by atoms with Gasteiger partial charge in [-0.25, -0.2) is 4.39 Å². The minimum Gasteiger partial charge on any atom is -0.493 e. The Labute approximate surface area is 181 Å². The van der Waals surface area contributed by atoms with E-state index in [1.165, 1.54) is 23.9 Å². The number of rotatable bonds is 7. The predicted octanol–water partition coefficient (Wildman–Crippen LogP) is 4.97. The highest BCUT2D eigenvalue weighted by molar-refractivity contribution is 9.10. The fourth-order valence-corrected chi connectivity index (χ4v) is 5.21. The highest BCUT2D eigenvalue weighted by Gasteiger charge is 2.36. The summed E-state index contributed by atoms with van der Waals surface area (Å²) < 4.78 is 26.0. The van der Waals surface area contributed by atoms with Gasteiger partial charge in [-0.2, -0.15) is 0 Å².